The number of ether oxygens (including phenoxy) is 2. The number of aromatic hydroxyl groups is 2. The summed E-state index contributed by atoms with van der Waals surface area (Å²) in [6, 6.07) is 29.0. The summed E-state index contributed by atoms with van der Waals surface area (Å²) in [5, 5.41) is 19.7. The van der Waals surface area contributed by atoms with Crippen LogP contribution in [0.15, 0.2) is 125 Å². The van der Waals surface area contributed by atoms with Crippen molar-refractivity contribution in [2.75, 3.05) is 0 Å². The Bertz CT molecular complexity index is 2400. The van der Waals surface area contributed by atoms with Crippen molar-refractivity contribution in [3.63, 3.8) is 0 Å². The molecule has 5 aromatic rings. The highest BCUT2D eigenvalue weighted by molar-refractivity contribution is 7.86. The molecule has 0 radical (unpaired) electrons. The van der Waals surface area contributed by atoms with E-state index in [1.165, 1.54) is 24.3 Å². The van der Waals surface area contributed by atoms with E-state index in [-0.39, 0.29) is 34.5 Å². The Morgan fingerprint density at radius 1 is 0.519 bits per heavy atom. The minimum atomic E-state index is -4.79. The molecule has 0 atom stereocenters. The van der Waals surface area contributed by atoms with Crippen LogP contribution in [0.5, 0.6) is 34.5 Å². The molecule has 0 unspecified atom stereocenters. The van der Waals surface area contributed by atoms with Crippen molar-refractivity contribution >= 4 is 41.5 Å². The van der Waals surface area contributed by atoms with Gasteiger partial charge in [0.1, 0.15) is 39.4 Å². The average Bonchev–Trinajstić information content (AvgIpc) is 3.05. The van der Waals surface area contributed by atoms with Gasteiger partial charge in [-0.3, -0.25) is 9.11 Å². The summed E-state index contributed by atoms with van der Waals surface area (Å²) >= 11 is 0. The van der Waals surface area contributed by atoms with Gasteiger partial charge in [0, 0.05) is 17.5 Å². The van der Waals surface area contributed by atoms with Crippen molar-refractivity contribution in [1.82, 2.24) is 0 Å². The molecule has 5 rings (SSSR count). The van der Waals surface area contributed by atoms with Gasteiger partial charge in [0.2, 0.25) is 0 Å². The Hall–Kier alpha value is -5.64. The second kappa shape index (κ2) is 17.0. The Morgan fingerprint density at radius 2 is 0.923 bits per heavy atom. The minimum Gasteiger partial charge on any atom is -0.508 e. The lowest BCUT2D eigenvalue weighted by Gasteiger charge is -2.32. The minimum absolute atomic E-state index is 0.00373. The summed E-state index contributed by atoms with van der Waals surface area (Å²) in [5.74, 6) is 0.236. The maximum Gasteiger partial charge on any atom is 0.425 e. The quantitative estimate of drug-likeness (QED) is 0.118. The maximum absolute atomic E-state index is 12.3. The first-order chi connectivity index (χ1) is 24.2. The molecule has 0 aliphatic heterocycles. The molecule has 16 nitrogen and oxygen atoms in total. The Balaban J connectivity index is 0.000000827. The van der Waals surface area contributed by atoms with Gasteiger partial charge < -0.3 is 19.7 Å². The highest BCUT2D eigenvalue weighted by Gasteiger charge is 2.31. The third kappa shape index (κ3) is 11.4. The van der Waals surface area contributed by atoms with Crippen LogP contribution in [0.25, 0.3) is 0 Å². The number of phenols is 2. The van der Waals surface area contributed by atoms with E-state index in [9.17, 15) is 36.2 Å². The van der Waals surface area contributed by atoms with Crippen molar-refractivity contribution in [1.29, 1.82) is 0 Å². The molecular formula is C32H26O16S4. The first-order valence-electron chi connectivity index (χ1n) is 14.0. The zero-order chi connectivity index (χ0) is 38.9. The van der Waals surface area contributed by atoms with Crippen LogP contribution >= 0.6 is 0 Å². The number of rotatable bonds is 9. The normalized spacial score (nSPS) is 11.1. The molecule has 52 heavy (non-hydrogen) atoms. The summed E-state index contributed by atoms with van der Waals surface area (Å²) in [5.41, 5.74) is 1.83. The largest absolute Gasteiger partial charge is 0.508 e. The molecule has 274 valence electrons. The summed E-state index contributed by atoms with van der Waals surface area (Å²) in [6.07, 6.45) is 0. The van der Waals surface area contributed by atoms with Crippen LogP contribution in [0.4, 0.5) is 0 Å². The summed E-state index contributed by atoms with van der Waals surface area (Å²) < 4.78 is 129. The van der Waals surface area contributed by atoms with Crippen LogP contribution in [-0.2, 0) is 46.9 Å². The van der Waals surface area contributed by atoms with E-state index in [2.05, 4.69) is 0 Å². The number of hydrogen-bond acceptors (Lipinski definition) is 14. The molecule has 0 fully saturated rings. The molecule has 0 aromatic heterocycles. The van der Waals surface area contributed by atoms with Gasteiger partial charge in [-0.25, -0.2) is 0 Å². The molecule has 0 saturated carbocycles. The SMILES string of the molecule is CC(c1ccc(O)cc1)(c1ccc(O)cc1)c1ccc(Oc2ccc(Oc3cccc(S(=O)(=O)O)c3)cc2S(=O)(=O)O)cc1.O=S(=O)=O.O=S(=O)=O. The van der Waals surface area contributed by atoms with Crippen molar-refractivity contribution in [3.05, 3.63) is 132 Å². The number of benzene rings is 5. The van der Waals surface area contributed by atoms with Crippen LogP contribution in [0.1, 0.15) is 23.6 Å². The van der Waals surface area contributed by atoms with Gasteiger partial charge >= 0.3 is 21.2 Å². The van der Waals surface area contributed by atoms with Crippen LogP contribution < -0.4 is 9.47 Å². The molecule has 0 aliphatic rings. The van der Waals surface area contributed by atoms with E-state index < -0.39 is 56.7 Å². The number of phenolic OH excluding ortho intramolecular Hbond substituents is 2. The van der Waals surface area contributed by atoms with E-state index in [1.54, 1.807) is 72.8 Å². The van der Waals surface area contributed by atoms with Gasteiger partial charge in [0.25, 0.3) is 20.2 Å². The summed E-state index contributed by atoms with van der Waals surface area (Å²) in [6.45, 7) is 1.99. The second-order valence-electron chi connectivity index (χ2n) is 10.4. The van der Waals surface area contributed by atoms with Crippen LogP contribution in [0, 0.1) is 0 Å². The van der Waals surface area contributed by atoms with E-state index in [4.69, 9.17) is 34.7 Å². The molecule has 4 N–H and O–H groups in total. The molecule has 5 aromatic carbocycles. The molecule has 0 aliphatic carbocycles. The Labute approximate surface area is 299 Å². The van der Waals surface area contributed by atoms with E-state index >= 15 is 0 Å². The van der Waals surface area contributed by atoms with Crippen molar-refractivity contribution in [3.8, 4) is 34.5 Å². The topological polar surface area (TPSA) is 270 Å². The van der Waals surface area contributed by atoms with Gasteiger partial charge in [-0.2, -0.15) is 16.8 Å². The lowest BCUT2D eigenvalue weighted by Crippen LogP contribution is -2.25. The average molecular weight is 795 g/mol. The maximum atomic E-state index is 12.3. The first-order valence-corrected chi connectivity index (χ1v) is 18.9. The van der Waals surface area contributed by atoms with E-state index in [0.717, 1.165) is 34.9 Å². The lowest BCUT2D eigenvalue weighted by molar-refractivity contribution is 0.441. The first kappa shape index (κ1) is 40.8. The predicted molar refractivity (Wildman–Crippen MR) is 180 cm³/mol. The van der Waals surface area contributed by atoms with E-state index in [0.29, 0.717) is 0 Å². The highest BCUT2D eigenvalue weighted by atomic mass is 32.2. The summed E-state index contributed by atoms with van der Waals surface area (Å²) in [4.78, 5) is -1.01. The third-order valence-corrected chi connectivity index (χ3v) is 8.81. The standard InChI is InChI=1S/C32H26O10S2.2O3S/c1-32(21-5-11-24(33)12-6-21,22-7-13-25(34)14-8-22)23-9-15-26(16-10-23)42-30-18-17-28(20-31(30)44(38,39)40)41-27-3-2-4-29(19-27)43(35,36)37;2*1-4(2)3/h2-20,33-34H,1H3,(H,35,36,37)(H,38,39,40);;. The van der Waals surface area contributed by atoms with Crippen molar-refractivity contribution < 1.29 is 70.9 Å². The molecule has 0 spiro atoms. The highest BCUT2D eigenvalue weighted by Crippen LogP contribution is 2.41. The van der Waals surface area contributed by atoms with Crippen molar-refractivity contribution in [2.24, 2.45) is 0 Å². The molecule has 0 amide bonds. The second-order valence-corrected chi connectivity index (χ2v) is 14.0. The number of hydrogen-bond donors (Lipinski definition) is 4. The Morgan fingerprint density at radius 3 is 1.35 bits per heavy atom. The lowest BCUT2D eigenvalue weighted by atomic mass is 9.71. The summed E-state index contributed by atoms with van der Waals surface area (Å²) in [7, 11) is -15.5. The fourth-order valence-corrected chi connectivity index (χ4v) is 5.89. The third-order valence-electron chi connectivity index (χ3n) is 7.08. The smallest absolute Gasteiger partial charge is 0.425 e. The van der Waals surface area contributed by atoms with Gasteiger partial charge in [-0.05, 0) is 84.3 Å². The zero-order valence-electron chi connectivity index (χ0n) is 26.3. The molecule has 0 bridgehead atoms. The monoisotopic (exact) mass is 794 g/mol. The molecule has 20 heteroatoms. The van der Waals surface area contributed by atoms with Crippen LogP contribution in [0.2, 0.25) is 0 Å². The fraction of sp³-hybridized carbons (Fsp3) is 0.0625. The van der Waals surface area contributed by atoms with Gasteiger partial charge in [0.15, 0.2) is 0 Å². The predicted octanol–water partition coefficient (Wildman–Crippen LogP) is 4.52. The molecular weight excluding hydrogens is 769 g/mol. The van der Waals surface area contributed by atoms with Crippen LogP contribution in [-0.4, -0.2) is 61.4 Å². The zero-order valence-corrected chi connectivity index (χ0v) is 29.6. The van der Waals surface area contributed by atoms with Gasteiger partial charge in [-0.1, -0.05) is 42.5 Å². The fourth-order valence-electron chi connectivity index (χ4n) is 4.74. The molecule has 0 heterocycles. The van der Waals surface area contributed by atoms with Crippen LogP contribution in [0.3, 0.4) is 0 Å². The molecule has 0 saturated heterocycles. The Kier molecular flexibility index (Phi) is 13.4. The van der Waals surface area contributed by atoms with Crippen molar-refractivity contribution in [2.45, 2.75) is 22.1 Å². The van der Waals surface area contributed by atoms with Gasteiger partial charge in [0.05, 0.1) is 4.90 Å². The van der Waals surface area contributed by atoms with E-state index in [1.807, 2.05) is 6.92 Å². The van der Waals surface area contributed by atoms with Gasteiger partial charge in [-0.15, -0.1) is 25.3 Å².